The molecule has 0 bridgehead atoms. The summed E-state index contributed by atoms with van der Waals surface area (Å²) in [5.41, 5.74) is 0. The lowest BCUT2D eigenvalue weighted by molar-refractivity contribution is -0.134. The number of hydrogen-bond acceptors (Lipinski definition) is 1. The highest BCUT2D eigenvalue weighted by molar-refractivity contribution is 5.77. The second-order valence-electron chi connectivity index (χ2n) is 3.79. The molecule has 0 aromatic rings. The van der Waals surface area contributed by atoms with Crippen LogP contribution >= 0.6 is 0 Å². The van der Waals surface area contributed by atoms with Gasteiger partial charge in [0.2, 0.25) is 5.91 Å². The topological polar surface area (TPSA) is 20.3 Å². The van der Waals surface area contributed by atoms with Gasteiger partial charge in [0.05, 0.1) is 0 Å². The normalized spacial score (nSPS) is 22.9. The number of carbonyl (C=O) groups is 1. The maximum Gasteiger partial charge on any atom is 0.222 e. The zero-order valence-corrected chi connectivity index (χ0v) is 8.25. The lowest BCUT2D eigenvalue weighted by Gasteiger charge is -2.29. The molecule has 13 heavy (non-hydrogen) atoms. The second-order valence-corrected chi connectivity index (χ2v) is 3.79. The van der Waals surface area contributed by atoms with Crippen molar-refractivity contribution in [1.82, 2.24) is 4.90 Å². The van der Waals surface area contributed by atoms with Crippen LogP contribution in [0.2, 0.25) is 0 Å². The molecule has 0 N–H and O–H groups in total. The zero-order valence-electron chi connectivity index (χ0n) is 8.25. The molecule has 1 unspecified atom stereocenters. The molecular weight excluding hydrogens is 162 g/mol. The molecule has 0 aromatic carbocycles. The Hall–Kier alpha value is -0.970. The molecule has 0 spiro atoms. The van der Waals surface area contributed by atoms with Gasteiger partial charge in [-0.3, -0.25) is 4.79 Å². The Labute approximate surface area is 80.3 Å². The van der Waals surface area contributed by atoms with Crippen molar-refractivity contribution in [3.63, 3.8) is 0 Å². The first-order valence-electron chi connectivity index (χ1n) is 4.95. The van der Waals surface area contributed by atoms with E-state index in [4.69, 9.17) is 6.42 Å². The molecule has 1 aliphatic heterocycles. The van der Waals surface area contributed by atoms with Crippen molar-refractivity contribution >= 4 is 5.91 Å². The monoisotopic (exact) mass is 179 g/mol. The number of likely N-dealkylation sites (tertiary alicyclic amines) is 1. The number of piperidine rings is 1. The molecule has 2 nitrogen and oxygen atoms in total. The van der Waals surface area contributed by atoms with Gasteiger partial charge in [-0.1, -0.05) is 6.92 Å². The molecule has 0 aromatic heterocycles. The molecule has 0 saturated carbocycles. The van der Waals surface area contributed by atoms with Crippen LogP contribution in [0.1, 0.15) is 32.6 Å². The summed E-state index contributed by atoms with van der Waals surface area (Å²) in [5, 5.41) is 0. The van der Waals surface area contributed by atoms with Gasteiger partial charge in [0.15, 0.2) is 0 Å². The highest BCUT2D eigenvalue weighted by Crippen LogP contribution is 2.17. The first-order valence-corrected chi connectivity index (χ1v) is 4.95. The van der Waals surface area contributed by atoms with Gasteiger partial charge in [-0.15, -0.1) is 12.3 Å². The van der Waals surface area contributed by atoms with Crippen LogP contribution in [0.5, 0.6) is 0 Å². The smallest absolute Gasteiger partial charge is 0.222 e. The Morgan fingerprint density at radius 2 is 2.46 bits per heavy atom. The number of rotatable bonds is 3. The third-order valence-corrected chi connectivity index (χ3v) is 2.52. The number of amides is 1. The van der Waals surface area contributed by atoms with Crippen molar-refractivity contribution in [2.24, 2.45) is 5.92 Å². The van der Waals surface area contributed by atoms with Crippen LogP contribution < -0.4 is 0 Å². The summed E-state index contributed by atoms with van der Waals surface area (Å²) in [4.78, 5) is 13.4. The Morgan fingerprint density at radius 1 is 1.69 bits per heavy atom. The minimum absolute atomic E-state index is 0.302. The number of nitrogens with zero attached hydrogens (tertiary/aromatic N) is 1. The van der Waals surface area contributed by atoms with Gasteiger partial charge in [0.25, 0.3) is 0 Å². The summed E-state index contributed by atoms with van der Waals surface area (Å²) in [6.45, 7) is 3.90. The molecule has 2 heteroatoms. The van der Waals surface area contributed by atoms with E-state index in [-0.39, 0.29) is 0 Å². The van der Waals surface area contributed by atoms with Crippen molar-refractivity contribution in [3.05, 3.63) is 0 Å². The fourth-order valence-electron chi connectivity index (χ4n) is 1.64. The van der Waals surface area contributed by atoms with Crippen molar-refractivity contribution in [2.75, 3.05) is 13.1 Å². The molecule has 0 radical (unpaired) electrons. The van der Waals surface area contributed by atoms with Crippen molar-refractivity contribution in [1.29, 1.82) is 0 Å². The molecule has 1 fully saturated rings. The quantitative estimate of drug-likeness (QED) is 0.476. The molecule has 72 valence electrons. The first-order chi connectivity index (χ1) is 6.24. The van der Waals surface area contributed by atoms with Gasteiger partial charge in [0.1, 0.15) is 0 Å². The predicted molar refractivity (Wildman–Crippen MR) is 53.0 cm³/mol. The summed E-state index contributed by atoms with van der Waals surface area (Å²) in [6, 6.07) is 0. The van der Waals surface area contributed by atoms with E-state index in [1.54, 1.807) is 0 Å². The van der Waals surface area contributed by atoms with Gasteiger partial charge in [-0.05, 0) is 18.8 Å². The summed E-state index contributed by atoms with van der Waals surface area (Å²) in [6.07, 6.45) is 8.72. The lowest BCUT2D eigenvalue weighted by atomic mass is 9.98. The number of unbranched alkanes of at least 4 members (excludes halogenated alkanes) is 1. The maximum absolute atomic E-state index is 11.5. The van der Waals surface area contributed by atoms with Gasteiger partial charge < -0.3 is 4.90 Å². The van der Waals surface area contributed by atoms with E-state index in [1.807, 2.05) is 4.90 Å². The SMILES string of the molecule is C#CCCCN1CCC(C)CC1=O. The van der Waals surface area contributed by atoms with E-state index in [2.05, 4.69) is 12.8 Å². The second kappa shape index (κ2) is 4.91. The fourth-order valence-corrected chi connectivity index (χ4v) is 1.64. The van der Waals surface area contributed by atoms with Crippen LogP contribution in [0.25, 0.3) is 0 Å². The van der Waals surface area contributed by atoms with E-state index in [0.29, 0.717) is 11.8 Å². The van der Waals surface area contributed by atoms with Crippen molar-refractivity contribution in [3.8, 4) is 12.3 Å². The van der Waals surface area contributed by atoms with Gasteiger partial charge in [0, 0.05) is 25.9 Å². The van der Waals surface area contributed by atoms with Gasteiger partial charge >= 0.3 is 0 Å². The summed E-state index contributed by atoms with van der Waals surface area (Å²) < 4.78 is 0. The third kappa shape index (κ3) is 3.10. The zero-order chi connectivity index (χ0) is 9.68. The molecule has 0 aliphatic carbocycles. The molecule has 1 atom stereocenters. The van der Waals surface area contributed by atoms with E-state index >= 15 is 0 Å². The van der Waals surface area contributed by atoms with Gasteiger partial charge in [-0.2, -0.15) is 0 Å². The Kier molecular flexibility index (Phi) is 3.82. The van der Waals surface area contributed by atoms with E-state index in [0.717, 1.165) is 38.8 Å². The van der Waals surface area contributed by atoms with Crippen LogP contribution in [-0.4, -0.2) is 23.9 Å². The molecule has 1 heterocycles. The molecular formula is C11H17NO. The van der Waals surface area contributed by atoms with Crippen molar-refractivity contribution < 1.29 is 4.79 Å². The fraction of sp³-hybridized carbons (Fsp3) is 0.727. The number of terminal acetylenes is 1. The molecule has 1 saturated heterocycles. The van der Waals surface area contributed by atoms with Crippen LogP contribution in [0.4, 0.5) is 0 Å². The van der Waals surface area contributed by atoms with Gasteiger partial charge in [-0.25, -0.2) is 0 Å². The van der Waals surface area contributed by atoms with Crippen molar-refractivity contribution in [2.45, 2.75) is 32.6 Å². The Bertz CT molecular complexity index is 217. The van der Waals surface area contributed by atoms with Crippen LogP contribution in [0, 0.1) is 18.3 Å². The largest absolute Gasteiger partial charge is 0.343 e. The maximum atomic E-state index is 11.5. The number of hydrogen-bond donors (Lipinski definition) is 0. The average Bonchev–Trinajstić information content (AvgIpc) is 2.09. The Morgan fingerprint density at radius 3 is 3.08 bits per heavy atom. The van der Waals surface area contributed by atoms with Crippen LogP contribution in [-0.2, 0) is 4.79 Å². The minimum Gasteiger partial charge on any atom is -0.343 e. The lowest BCUT2D eigenvalue weighted by Crippen LogP contribution is -2.38. The van der Waals surface area contributed by atoms with E-state index in [1.165, 1.54) is 0 Å². The highest BCUT2D eigenvalue weighted by atomic mass is 16.2. The highest BCUT2D eigenvalue weighted by Gasteiger charge is 2.21. The average molecular weight is 179 g/mol. The Balaban J connectivity index is 2.27. The predicted octanol–water partition coefficient (Wildman–Crippen LogP) is 1.66. The first kappa shape index (κ1) is 10.1. The molecule has 1 aliphatic rings. The third-order valence-electron chi connectivity index (χ3n) is 2.52. The minimum atomic E-state index is 0.302. The van der Waals surface area contributed by atoms with Crippen LogP contribution in [0.3, 0.4) is 0 Å². The standard InChI is InChI=1S/C11H17NO/c1-3-4-5-7-12-8-6-10(2)9-11(12)13/h1,10H,4-9H2,2H3. The molecule has 1 rings (SSSR count). The summed E-state index contributed by atoms with van der Waals surface area (Å²) >= 11 is 0. The molecule has 1 amide bonds. The van der Waals surface area contributed by atoms with E-state index < -0.39 is 0 Å². The number of carbonyl (C=O) groups excluding carboxylic acids is 1. The van der Waals surface area contributed by atoms with E-state index in [9.17, 15) is 4.79 Å². The van der Waals surface area contributed by atoms with Crippen LogP contribution in [0.15, 0.2) is 0 Å². The summed E-state index contributed by atoms with van der Waals surface area (Å²) in [5.74, 6) is 3.46. The summed E-state index contributed by atoms with van der Waals surface area (Å²) in [7, 11) is 0.